The van der Waals surface area contributed by atoms with Crippen molar-refractivity contribution < 1.29 is 23.9 Å². The zero-order valence-electron chi connectivity index (χ0n) is 19.7. The van der Waals surface area contributed by atoms with Gasteiger partial charge in [0, 0.05) is 18.8 Å². The number of benzene rings is 1. The molecule has 1 aromatic heterocycles. The average Bonchev–Trinajstić information content (AvgIpc) is 3.23. The van der Waals surface area contributed by atoms with E-state index in [9.17, 15) is 14.7 Å². The van der Waals surface area contributed by atoms with Crippen LogP contribution in [0.4, 0.5) is 5.95 Å². The lowest BCUT2D eigenvalue weighted by Crippen LogP contribution is -2.55. The molecule has 0 spiro atoms. The Labute approximate surface area is 200 Å². The molecule has 0 bridgehead atoms. The van der Waals surface area contributed by atoms with Gasteiger partial charge in [-0.3, -0.25) is 10.1 Å². The topological polar surface area (TPSA) is 114 Å². The molecule has 2 fully saturated rings. The zero-order valence-corrected chi connectivity index (χ0v) is 19.7. The SMILES string of the molecule is C[N@+]1(CC(=O)Nc2ncncn2)CCCC1COC(=O)C(O)(c1ccccc1)C1CCCCC1. The van der Waals surface area contributed by atoms with Crippen molar-refractivity contribution in [2.75, 3.05) is 32.1 Å². The first kappa shape index (κ1) is 24.2. The number of likely N-dealkylation sites (tertiary alicyclic amines) is 1. The first-order chi connectivity index (χ1) is 16.4. The number of amides is 1. The number of ether oxygens (including phenoxy) is 1. The van der Waals surface area contributed by atoms with E-state index >= 15 is 0 Å². The highest BCUT2D eigenvalue weighted by molar-refractivity contribution is 5.89. The number of aliphatic hydroxyl groups is 1. The van der Waals surface area contributed by atoms with Gasteiger partial charge in [-0.2, -0.15) is 0 Å². The largest absolute Gasteiger partial charge is 0.457 e. The third-order valence-corrected chi connectivity index (χ3v) is 7.47. The summed E-state index contributed by atoms with van der Waals surface area (Å²) in [6.45, 7) is 1.19. The molecule has 182 valence electrons. The highest BCUT2D eigenvalue weighted by Gasteiger charge is 2.48. The quantitative estimate of drug-likeness (QED) is 0.452. The number of hydrogen-bond donors (Lipinski definition) is 2. The second-order valence-electron chi connectivity index (χ2n) is 9.73. The number of hydrogen-bond acceptors (Lipinski definition) is 7. The molecule has 2 heterocycles. The molecule has 1 amide bonds. The molecule has 9 heteroatoms. The van der Waals surface area contributed by atoms with Gasteiger partial charge in [-0.25, -0.2) is 19.7 Å². The van der Waals surface area contributed by atoms with Crippen molar-refractivity contribution in [2.45, 2.75) is 56.6 Å². The van der Waals surface area contributed by atoms with Gasteiger partial charge in [0.05, 0.1) is 13.6 Å². The van der Waals surface area contributed by atoms with Crippen molar-refractivity contribution in [3.05, 3.63) is 48.5 Å². The number of nitrogens with zero attached hydrogens (tertiary/aromatic N) is 4. The lowest BCUT2D eigenvalue weighted by Gasteiger charge is -2.38. The van der Waals surface area contributed by atoms with E-state index in [1.54, 1.807) is 12.1 Å². The van der Waals surface area contributed by atoms with Gasteiger partial charge in [-0.15, -0.1) is 0 Å². The van der Waals surface area contributed by atoms with Crippen LogP contribution in [0.5, 0.6) is 0 Å². The fourth-order valence-corrected chi connectivity index (χ4v) is 5.46. The Bertz CT molecular complexity index is 970. The summed E-state index contributed by atoms with van der Waals surface area (Å²) < 4.78 is 6.28. The highest BCUT2D eigenvalue weighted by atomic mass is 16.6. The molecule has 1 saturated carbocycles. The molecule has 2 unspecified atom stereocenters. The number of esters is 1. The molecule has 2 N–H and O–H groups in total. The van der Waals surface area contributed by atoms with Gasteiger partial charge >= 0.3 is 5.97 Å². The summed E-state index contributed by atoms with van der Waals surface area (Å²) in [6, 6.07) is 9.13. The summed E-state index contributed by atoms with van der Waals surface area (Å²) in [5, 5.41) is 14.4. The lowest BCUT2D eigenvalue weighted by atomic mass is 9.73. The maximum Gasteiger partial charge on any atom is 0.343 e. The Morgan fingerprint density at radius 2 is 1.79 bits per heavy atom. The van der Waals surface area contributed by atoms with Crippen LogP contribution < -0.4 is 5.32 Å². The number of anilines is 1. The van der Waals surface area contributed by atoms with E-state index in [0.717, 1.165) is 51.5 Å². The van der Waals surface area contributed by atoms with Gasteiger partial charge in [0.25, 0.3) is 5.91 Å². The zero-order chi connectivity index (χ0) is 24.0. The number of rotatable bonds is 8. The number of quaternary nitrogens is 1. The molecule has 1 aromatic carbocycles. The summed E-state index contributed by atoms with van der Waals surface area (Å²) in [7, 11) is 2.00. The number of carbonyl (C=O) groups excluding carboxylic acids is 2. The Kier molecular flexibility index (Phi) is 7.53. The van der Waals surface area contributed by atoms with Crippen LogP contribution in [-0.4, -0.2) is 69.2 Å². The first-order valence-electron chi connectivity index (χ1n) is 12.1. The molecular weight excluding hydrogens is 434 g/mol. The van der Waals surface area contributed by atoms with E-state index in [1.165, 1.54) is 12.7 Å². The van der Waals surface area contributed by atoms with Crippen LogP contribution in [0, 0.1) is 5.92 Å². The molecule has 0 radical (unpaired) electrons. The Balaban J connectivity index is 1.43. The summed E-state index contributed by atoms with van der Waals surface area (Å²) in [6.07, 6.45) is 9.17. The minimum atomic E-state index is -1.65. The van der Waals surface area contributed by atoms with Crippen molar-refractivity contribution >= 4 is 17.8 Å². The van der Waals surface area contributed by atoms with E-state index in [4.69, 9.17) is 4.74 Å². The van der Waals surface area contributed by atoms with Crippen LogP contribution in [0.1, 0.15) is 50.5 Å². The molecule has 1 aliphatic heterocycles. The summed E-state index contributed by atoms with van der Waals surface area (Å²) in [4.78, 5) is 37.7. The number of likely N-dealkylation sites (N-methyl/N-ethyl adjacent to an activating group) is 1. The highest BCUT2D eigenvalue weighted by Crippen LogP contribution is 2.40. The average molecular weight is 469 g/mol. The van der Waals surface area contributed by atoms with Crippen molar-refractivity contribution in [1.29, 1.82) is 0 Å². The number of nitrogens with one attached hydrogen (secondary N) is 1. The van der Waals surface area contributed by atoms with Gasteiger partial charge in [0.15, 0.2) is 12.1 Å². The third-order valence-electron chi connectivity index (χ3n) is 7.47. The van der Waals surface area contributed by atoms with Crippen LogP contribution in [0.2, 0.25) is 0 Å². The Hall–Kier alpha value is -2.91. The molecular formula is C25H34N5O4+. The van der Waals surface area contributed by atoms with Crippen molar-refractivity contribution in [2.24, 2.45) is 5.92 Å². The molecule has 34 heavy (non-hydrogen) atoms. The van der Waals surface area contributed by atoms with E-state index in [0.29, 0.717) is 10.0 Å². The van der Waals surface area contributed by atoms with Gasteiger partial charge in [0.2, 0.25) is 5.95 Å². The fraction of sp³-hybridized carbons (Fsp3) is 0.560. The van der Waals surface area contributed by atoms with Gasteiger partial charge in [-0.1, -0.05) is 49.6 Å². The summed E-state index contributed by atoms with van der Waals surface area (Å²) >= 11 is 0. The summed E-state index contributed by atoms with van der Waals surface area (Å²) in [5.74, 6) is -0.727. The molecule has 1 saturated heterocycles. The molecule has 3 atom stereocenters. The van der Waals surface area contributed by atoms with E-state index < -0.39 is 11.6 Å². The fourth-order valence-electron chi connectivity index (χ4n) is 5.46. The minimum Gasteiger partial charge on any atom is -0.457 e. The molecule has 4 rings (SSSR count). The van der Waals surface area contributed by atoms with Crippen molar-refractivity contribution in [3.63, 3.8) is 0 Å². The molecule has 9 nitrogen and oxygen atoms in total. The second-order valence-corrected chi connectivity index (χ2v) is 9.73. The Morgan fingerprint density at radius 1 is 1.09 bits per heavy atom. The van der Waals surface area contributed by atoms with Crippen molar-refractivity contribution in [1.82, 2.24) is 15.0 Å². The van der Waals surface area contributed by atoms with Crippen LogP contribution in [0.3, 0.4) is 0 Å². The minimum absolute atomic E-state index is 0.0283. The molecule has 2 aromatic rings. The van der Waals surface area contributed by atoms with E-state index in [2.05, 4.69) is 20.3 Å². The van der Waals surface area contributed by atoms with E-state index in [-0.39, 0.29) is 37.0 Å². The lowest BCUT2D eigenvalue weighted by molar-refractivity contribution is -0.913. The normalized spacial score (nSPS) is 24.8. The maximum atomic E-state index is 13.4. The van der Waals surface area contributed by atoms with Crippen LogP contribution in [-0.2, 0) is 19.9 Å². The number of carbonyl (C=O) groups is 2. The van der Waals surface area contributed by atoms with Gasteiger partial charge in [-0.05, 0) is 18.4 Å². The Morgan fingerprint density at radius 3 is 2.50 bits per heavy atom. The number of aromatic nitrogens is 3. The molecule has 1 aliphatic carbocycles. The predicted molar refractivity (Wildman–Crippen MR) is 125 cm³/mol. The predicted octanol–water partition coefficient (Wildman–Crippen LogP) is 2.43. The summed E-state index contributed by atoms with van der Waals surface area (Å²) in [5.41, 5.74) is -1.06. The van der Waals surface area contributed by atoms with Gasteiger partial charge < -0.3 is 14.3 Å². The first-order valence-corrected chi connectivity index (χ1v) is 12.1. The smallest absolute Gasteiger partial charge is 0.343 e. The third kappa shape index (κ3) is 5.26. The second kappa shape index (κ2) is 10.6. The standard InChI is InChI=1S/C25H33N5O4/c1-30(15-22(31)29-24-27-17-26-18-28-24)14-8-13-21(30)16-34-23(32)25(33,19-9-4-2-5-10-19)20-11-6-3-7-12-20/h2,4-5,9-10,17-18,20-21,33H,3,6-8,11-16H2,1H3/p+1/t21?,25?,30-/m1/s1. The van der Waals surface area contributed by atoms with E-state index in [1.807, 2.05) is 25.2 Å². The van der Waals surface area contributed by atoms with Crippen LogP contribution in [0.25, 0.3) is 0 Å². The van der Waals surface area contributed by atoms with Crippen LogP contribution >= 0.6 is 0 Å². The monoisotopic (exact) mass is 468 g/mol. The molecule has 2 aliphatic rings. The van der Waals surface area contributed by atoms with Gasteiger partial charge in [0.1, 0.15) is 25.3 Å². The maximum absolute atomic E-state index is 13.4. The van der Waals surface area contributed by atoms with Crippen LogP contribution in [0.15, 0.2) is 43.0 Å². The van der Waals surface area contributed by atoms with Crippen molar-refractivity contribution in [3.8, 4) is 0 Å².